The molecular formula is C17H19FN4. The SMILES string of the molecule is Cc1nn(Cc2ccc(F)c(C(C)C)n2)c2cccc(N)c12. The fraction of sp³-hybridized carbons (Fsp3) is 0.294. The highest BCUT2D eigenvalue weighted by Gasteiger charge is 2.13. The molecule has 0 saturated heterocycles. The Hall–Kier alpha value is -2.43. The maximum absolute atomic E-state index is 13.8. The first kappa shape index (κ1) is 14.5. The van der Waals surface area contributed by atoms with Gasteiger partial charge in [-0.1, -0.05) is 19.9 Å². The van der Waals surface area contributed by atoms with E-state index in [9.17, 15) is 4.39 Å². The van der Waals surface area contributed by atoms with Gasteiger partial charge < -0.3 is 5.73 Å². The number of aryl methyl sites for hydroxylation is 1. The van der Waals surface area contributed by atoms with E-state index in [0.29, 0.717) is 12.2 Å². The van der Waals surface area contributed by atoms with E-state index >= 15 is 0 Å². The van der Waals surface area contributed by atoms with Gasteiger partial charge in [0.05, 0.1) is 29.1 Å². The van der Waals surface area contributed by atoms with E-state index in [0.717, 1.165) is 28.0 Å². The summed E-state index contributed by atoms with van der Waals surface area (Å²) in [5.74, 6) is -0.212. The molecule has 0 aliphatic heterocycles. The van der Waals surface area contributed by atoms with E-state index in [2.05, 4.69) is 10.1 Å². The number of pyridine rings is 1. The highest BCUT2D eigenvalue weighted by Crippen LogP contribution is 2.25. The van der Waals surface area contributed by atoms with Crippen molar-refractivity contribution >= 4 is 16.6 Å². The van der Waals surface area contributed by atoms with Gasteiger partial charge in [-0.2, -0.15) is 5.10 Å². The van der Waals surface area contributed by atoms with Gasteiger partial charge in [-0.25, -0.2) is 4.39 Å². The molecule has 2 aromatic heterocycles. The van der Waals surface area contributed by atoms with Crippen molar-refractivity contribution in [1.82, 2.24) is 14.8 Å². The van der Waals surface area contributed by atoms with Crippen LogP contribution in [-0.4, -0.2) is 14.8 Å². The first-order valence-corrected chi connectivity index (χ1v) is 7.34. The summed E-state index contributed by atoms with van der Waals surface area (Å²) in [6, 6.07) is 8.95. The third-order valence-electron chi connectivity index (χ3n) is 3.77. The van der Waals surface area contributed by atoms with Crippen molar-refractivity contribution in [2.24, 2.45) is 0 Å². The predicted octanol–water partition coefficient (Wildman–Crippen LogP) is 3.63. The van der Waals surface area contributed by atoms with E-state index in [1.54, 1.807) is 6.07 Å². The number of halogens is 1. The van der Waals surface area contributed by atoms with E-state index in [4.69, 9.17) is 5.73 Å². The predicted molar refractivity (Wildman–Crippen MR) is 86.3 cm³/mol. The Morgan fingerprint density at radius 3 is 2.73 bits per heavy atom. The summed E-state index contributed by atoms with van der Waals surface area (Å²) in [6.07, 6.45) is 0. The zero-order valence-electron chi connectivity index (χ0n) is 13.0. The third-order valence-corrected chi connectivity index (χ3v) is 3.77. The number of aromatic nitrogens is 3. The average molecular weight is 298 g/mol. The van der Waals surface area contributed by atoms with Gasteiger partial charge in [0, 0.05) is 11.1 Å². The molecule has 5 heteroatoms. The highest BCUT2D eigenvalue weighted by molar-refractivity contribution is 5.92. The number of fused-ring (bicyclic) bond motifs is 1. The minimum Gasteiger partial charge on any atom is -0.398 e. The molecule has 0 unspecified atom stereocenters. The van der Waals surface area contributed by atoms with Gasteiger partial charge in [-0.15, -0.1) is 0 Å². The molecule has 0 atom stereocenters. The van der Waals surface area contributed by atoms with E-state index < -0.39 is 0 Å². The molecular weight excluding hydrogens is 279 g/mol. The van der Waals surface area contributed by atoms with Crippen molar-refractivity contribution in [3.05, 3.63) is 53.2 Å². The molecule has 0 bridgehead atoms. The van der Waals surface area contributed by atoms with Crippen LogP contribution in [-0.2, 0) is 6.54 Å². The molecule has 0 radical (unpaired) electrons. The number of nitrogen functional groups attached to an aromatic ring is 1. The monoisotopic (exact) mass is 298 g/mol. The lowest BCUT2D eigenvalue weighted by Gasteiger charge is -2.09. The van der Waals surface area contributed by atoms with Gasteiger partial charge in [0.1, 0.15) is 5.82 Å². The first-order valence-electron chi connectivity index (χ1n) is 7.34. The van der Waals surface area contributed by atoms with Crippen molar-refractivity contribution < 1.29 is 4.39 Å². The molecule has 0 saturated carbocycles. The van der Waals surface area contributed by atoms with Crippen LogP contribution in [0.25, 0.3) is 10.9 Å². The molecule has 3 rings (SSSR count). The van der Waals surface area contributed by atoms with Crippen molar-refractivity contribution in [3.63, 3.8) is 0 Å². The zero-order valence-corrected chi connectivity index (χ0v) is 13.0. The second-order valence-corrected chi connectivity index (χ2v) is 5.81. The van der Waals surface area contributed by atoms with Crippen LogP contribution < -0.4 is 5.73 Å². The molecule has 0 fully saturated rings. The molecule has 3 aromatic rings. The Balaban J connectivity index is 2.04. The zero-order chi connectivity index (χ0) is 15.9. The topological polar surface area (TPSA) is 56.7 Å². The van der Waals surface area contributed by atoms with Crippen LogP contribution in [0.5, 0.6) is 0 Å². The summed E-state index contributed by atoms with van der Waals surface area (Å²) < 4.78 is 15.6. The molecule has 0 aliphatic rings. The van der Waals surface area contributed by atoms with E-state index in [1.807, 2.05) is 43.7 Å². The lowest BCUT2D eigenvalue weighted by atomic mass is 10.1. The molecule has 22 heavy (non-hydrogen) atoms. The van der Waals surface area contributed by atoms with Gasteiger partial charge in [0.25, 0.3) is 0 Å². The fourth-order valence-electron chi connectivity index (χ4n) is 2.72. The van der Waals surface area contributed by atoms with Crippen LogP contribution in [0, 0.1) is 12.7 Å². The normalized spacial score (nSPS) is 11.5. The van der Waals surface area contributed by atoms with Gasteiger partial charge in [-0.3, -0.25) is 9.67 Å². The van der Waals surface area contributed by atoms with Gasteiger partial charge in [-0.05, 0) is 37.1 Å². The van der Waals surface area contributed by atoms with Gasteiger partial charge >= 0.3 is 0 Å². The minimum absolute atomic E-state index is 0.0479. The highest BCUT2D eigenvalue weighted by atomic mass is 19.1. The summed E-state index contributed by atoms with van der Waals surface area (Å²) in [5.41, 5.74) is 9.88. The third kappa shape index (κ3) is 2.43. The fourth-order valence-corrected chi connectivity index (χ4v) is 2.72. The lowest BCUT2D eigenvalue weighted by Crippen LogP contribution is -2.07. The second-order valence-electron chi connectivity index (χ2n) is 5.81. The lowest BCUT2D eigenvalue weighted by molar-refractivity contribution is 0.576. The number of hydrogen-bond donors (Lipinski definition) is 1. The standard InChI is InChI=1S/C17H19FN4/c1-10(2)17-13(18)8-7-12(20-17)9-22-15-6-4-5-14(19)16(15)11(3)21-22/h4-8,10H,9,19H2,1-3H3. The van der Waals surface area contributed by atoms with Crippen LogP contribution in [0.1, 0.15) is 36.8 Å². The van der Waals surface area contributed by atoms with Crippen LogP contribution in [0.2, 0.25) is 0 Å². The molecule has 0 spiro atoms. The Kier molecular flexibility index (Phi) is 3.56. The Morgan fingerprint density at radius 1 is 1.23 bits per heavy atom. The molecule has 2 N–H and O–H groups in total. The molecule has 114 valence electrons. The van der Waals surface area contributed by atoms with Crippen molar-refractivity contribution in [2.45, 2.75) is 33.2 Å². The molecule has 1 aromatic carbocycles. The molecule has 0 amide bonds. The van der Waals surface area contributed by atoms with Crippen LogP contribution in [0.15, 0.2) is 30.3 Å². The average Bonchev–Trinajstić information content (AvgIpc) is 2.78. The number of anilines is 1. The van der Waals surface area contributed by atoms with Gasteiger partial charge in [0.2, 0.25) is 0 Å². The molecule has 2 heterocycles. The Bertz CT molecular complexity index is 836. The molecule has 4 nitrogen and oxygen atoms in total. The Morgan fingerprint density at radius 2 is 2.00 bits per heavy atom. The maximum atomic E-state index is 13.8. The van der Waals surface area contributed by atoms with Crippen molar-refractivity contribution in [1.29, 1.82) is 0 Å². The summed E-state index contributed by atoms with van der Waals surface area (Å²) >= 11 is 0. The first-order chi connectivity index (χ1) is 10.5. The smallest absolute Gasteiger partial charge is 0.144 e. The quantitative estimate of drug-likeness (QED) is 0.751. The number of hydrogen-bond acceptors (Lipinski definition) is 3. The minimum atomic E-state index is -0.260. The van der Waals surface area contributed by atoms with Crippen molar-refractivity contribution in [2.75, 3.05) is 5.73 Å². The van der Waals surface area contributed by atoms with Gasteiger partial charge in [0.15, 0.2) is 0 Å². The summed E-state index contributed by atoms with van der Waals surface area (Å²) in [4.78, 5) is 4.44. The number of benzene rings is 1. The number of rotatable bonds is 3. The van der Waals surface area contributed by atoms with E-state index in [1.165, 1.54) is 6.07 Å². The van der Waals surface area contributed by atoms with Crippen molar-refractivity contribution in [3.8, 4) is 0 Å². The Labute approximate surface area is 128 Å². The summed E-state index contributed by atoms with van der Waals surface area (Å²) in [7, 11) is 0. The maximum Gasteiger partial charge on any atom is 0.144 e. The van der Waals surface area contributed by atoms with Crippen LogP contribution in [0.4, 0.5) is 10.1 Å². The second kappa shape index (κ2) is 5.40. The van der Waals surface area contributed by atoms with Crippen LogP contribution in [0.3, 0.4) is 0 Å². The largest absolute Gasteiger partial charge is 0.398 e. The van der Waals surface area contributed by atoms with Crippen LogP contribution >= 0.6 is 0 Å². The van der Waals surface area contributed by atoms with E-state index in [-0.39, 0.29) is 11.7 Å². The number of nitrogens with two attached hydrogens (primary N) is 1. The summed E-state index contributed by atoms with van der Waals surface area (Å²) in [5, 5.41) is 5.51. The molecule has 0 aliphatic carbocycles. The summed E-state index contributed by atoms with van der Waals surface area (Å²) in [6.45, 7) is 6.30. The number of nitrogens with zero attached hydrogens (tertiary/aromatic N) is 3.